The average Bonchev–Trinajstić information content (AvgIpc) is 2.76. The van der Waals surface area contributed by atoms with Crippen LogP contribution in [0.1, 0.15) is 24.0 Å². The molecule has 0 saturated carbocycles. The normalized spacial score (nSPS) is 16.8. The number of carbonyl (C=O) groups excluding carboxylic acids is 2. The molecule has 0 radical (unpaired) electrons. The van der Waals surface area contributed by atoms with E-state index >= 15 is 0 Å². The molecule has 0 atom stereocenters. The monoisotopic (exact) mass is 396 g/mol. The molecule has 2 heterocycles. The van der Waals surface area contributed by atoms with Crippen molar-refractivity contribution in [3.05, 3.63) is 59.4 Å². The smallest absolute Gasteiger partial charge is 0.321 e. The van der Waals surface area contributed by atoms with Crippen LogP contribution in [0.3, 0.4) is 0 Å². The maximum Gasteiger partial charge on any atom is 0.321 e. The quantitative estimate of drug-likeness (QED) is 0.745. The van der Waals surface area contributed by atoms with Crippen molar-refractivity contribution in [2.75, 3.05) is 30.3 Å². The number of para-hydroxylation sites is 1. The second-order valence-electron chi connectivity index (χ2n) is 7.54. The SMILES string of the molecule is O=C(Nc1ccc2c(c1F)CCNC2)C1CCN(C(=O)Nc2ccccc2)CC1. The van der Waals surface area contributed by atoms with E-state index < -0.39 is 0 Å². The molecule has 0 bridgehead atoms. The van der Waals surface area contributed by atoms with Gasteiger partial charge in [-0.15, -0.1) is 0 Å². The summed E-state index contributed by atoms with van der Waals surface area (Å²) >= 11 is 0. The maximum atomic E-state index is 14.8. The Morgan fingerprint density at radius 1 is 1.03 bits per heavy atom. The Hall–Kier alpha value is -2.93. The van der Waals surface area contributed by atoms with Crippen LogP contribution in [-0.4, -0.2) is 36.5 Å². The van der Waals surface area contributed by atoms with E-state index in [2.05, 4.69) is 16.0 Å². The Balaban J connectivity index is 1.32. The van der Waals surface area contributed by atoms with Crippen molar-refractivity contribution in [1.29, 1.82) is 0 Å². The summed E-state index contributed by atoms with van der Waals surface area (Å²) in [7, 11) is 0. The van der Waals surface area contributed by atoms with Gasteiger partial charge in [-0.1, -0.05) is 24.3 Å². The standard InChI is InChI=1S/C22H25FN4O2/c23-20-18-8-11-24-14-16(18)6-7-19(20)26-21(28)15-9-12-27(13-10-15)22(29)25-17-4-2-1-3-5-17/h1-7,15,24H,8-14H2,(H,25,29)(H,26,28). The van der Waals surface area contributed by atoms with E-state index in [-0.39, 0.29) is 29.4 Å². The highest BCUT2D eigenvalue weighted by atomic mass is 19.1. The fraction of sp³-hybridized carbons (Fsp3) is 0.364. The molecule has 3 amide bonds. The van der Waals surface area contributed by atoms with Crippen molar-refractivity contribution in [3.63, 3.8) is 0 Å². The third-order valence-electron chi connectivity index (χ3n) is 5.64. The summed E-state index contributed by atoms with van der Waals surface area (Å²) in [6.45, 7) is 2.39. The minimum Gasteiger partial charge on any atom is -0.324 e. The number of piperidine rings is 1. The summed E-state index contributed by atoms with van der Waals surface area (Å²) in [6, 6.07) is 12.6. The third kappa shape index (κ3) is 4.40. The number of hydrogen-bond acceptors (Lipinski definition) is 3. The number of likely N-dealkylation sites (tertiary alicyclic amines) is 1. The molecule has 2 aliphatic heterocycles. The zero-order valence-electron chi connectivity index (χ0n) is 16.2. The van der Waals surface area contributed by atoms with Gasteiger partial charge in [-0.25, -0.2) is 9.18 Å². The second kappa shape index (κ2) is 8.61. The van der Waals surface area contributed by atoms with Gasteiger partial charge in [0.15, 0.2) is 0 Å². The highest BCUT2D eigenvalue weighted by Crippen LogP contribution is 2.26. The zero-order chi connectivity index (χ0) is 20.2. The second-order valence-corrected chi connectivity index (χ2v) is 7.54. The topological polar surface area (TPSA) is 73.5 Å². The molecule has 6 nitrogen and oxygen atoms in total. The zero-order valence-corrected chi connectivity index (χ0v) is 16.2. The highest BCUT2D eigenvalue weighted by Gasteiger charge is 2.28. The van der Waals surface area contributed by atoms with Gasteiger partial charge in [0.1, 0.15) is 5.82 Å². The van der Waals surface area contributed by atoms with Gasteiger partial charge < -0.3 is 20.9 Å². The fourth-order valence-electron chi connectivity index (χ4n) is 3.93. The molecule has 1 fully saturated rings. The molecular weight excluding hydrogens is 371 g/mol. The Morgan fingerprint density at radius 3 is 2.55 bits per heavy atom. The van der Waals surface area contributed by atoms with Crippen LogP contribution in [0.15, 0.2) is 42.5 Å². The van der Waals surface area contributed by atoms with E-state index in [1.54, 1.807) is 11.0 Å². The molecule has 0 unspecified atom stereocenters. The number of urea groups is 1. The van der Waals surface area contributed by atoms with E-state index in [1.165, 1.54) is 0 Å². The largest absolute Gasteiger partial charge is 0.324 e. The third-order valence-corrected chi connectivity index (χ3v) is 5.64. The van der Waals surface area contributed by atoms with Crippen molar-refractivity contribution in [2.45, 2.75) is 25.8 Å². The average molecular weight is 396 g/mol. The molecule has 0 aromatic heterocycles. The molecule has 2 aliphatic rings. The van der Waals surface area contributed by atoms with Crippen LogP contribution in [0.25, 0.3) is 0 Å². The number of carbonyl (C=O) groups is 2. The molecule has 29 heavy (non-hydrogen) atoms. The summed E-state index contributed by atoms with van der Waals surface area (Å²) in [5.41, 5.74) is 2.63. The van der Waals surface area contributed by atoms with Gasteiger partial charge in [-0.05, 0) is 55.1 Å². The van der Waals surface area contributed by atoms with E-state index in [1.807, 2.05) is 36.4 Å². The van der Waals surface area contributed by atoms with Crippen LogP contribution in [0.2, 0.25) is 0 Å². The first kappa shape index (κ1) is 19.4. The lowest BCUT2D eigenvalue weighted by atomic mass is 9.95. The van der Waals surface area contributed by atoms with Crippen molar-refractivity contribution < 1.29 is 14.0 Å². The van der Waals surface area contributed by atoms with Crippen molar-refractivity contribution in [3.8, 4) is 0 Å². The van der Waals surface area contributed by atoms with E-state index in [0.29, 0.717) is 44.5 Å². The number of rotatable bonds is 3. The number of hydrogen-bond donors (Lipinski definition) is 3. The first-order chi connectivity index (χ1) is 14.1. The summed E-state index contributed by atoms with van der Waals surface area (Å²) in [6.07, 6.45) is 1.74. The Kier molecular flexibility index (Phi) is 5.76. The minimum absolute atomic E-state index is 0.163. The van der Waals surface area contributed by atoms with Gasteiger partial charge in [-0.3, -0.25) is 4.79 Å². The van der Waals surface area contributed by atoms with Crippen molar-refractivity contribution in [2.24, 2.45) is 5.92 Å². The van der Waals surface area contributed by atoms with Gasteiger partial charge in [0.25, 0.3) is 0 Å². The molecule has 152 valence electrons. The number of fused-ring (bicyclic) bond motifs is 1. The van der Waals surface area contributed by atoms with Gasteiger partial charge >= 0.3 is 6.03 Å². The molecule has 7 heteroatoms. The Labute approximate surface area is 169 Å². The van der Waals surface area contributed by atoms with Gasteiger partial charge in [-0.2, -0.15) is 0 Å². The molecule has 2 aromatic carbocycles. The predicted octanol–water partition coefficient (Wildman–Crippen LogP) is 3.35. The lowest BCUT2D eigenvalue weighted by molar-refractivity contribution is -0.121. The fourth-order valence-corrected chi connectivity index (χ4v) is 3.93. The van der Waals surface area contributed by atoms with Crippen LogP contribution in [0.5, 0.6) is 0 Å². The molecule has 3 N–H and O–H groups in total. The molecule has 2 aromatic rings. The van der Waals surface area contributed by atoms with Gasteiger partial charge in [0.05, 0.1) is 5.69 Å². The van der Waals surface area contributed by atoms with E-state index in [4.69, 9.17) is 0 Å². The minimum atomic E-state index is -0.322. The number of anilines is 2. The van der Waals surface area contributed by atoms with E-state index in [9.17, 15) is 14.0 Å². The number of amides is 3. The summed E-state index contributed by atoms with van der Waals surface area (Å²) in [5.74, 6) is -0.731. The number of nitrogens with zero attached hydrogens (tertiary/aromatic N) is 1. The van der Waals surface area contributed by atoms with Crippen molar-refractivity contribution >= 4 is 23.3 Å². The maximum absolute atomic E-state index is 14.8. The Bertz CT molecular complexity index is 895. The molecule has 1 saturated heterocycles. The van der Waals surface area contributed by atoms with Gasteiger partial charge in [0.2, 0.25) is 5.91 Å². The summed E-state index contributed by atoms with van der Waals surface area (Å²) in [4.78, 5) is 26.7. The van der Waals surface area contributed by atoms with Crippen molar-refractivity contribution in [1.82, 2.24) is 10.2 Å². The number of nitrogens with one attached hydrogen (secondary N) is 3. The highest BCUT2D eigenvalue weighted by molar-refractivity contribution is 5.93. The summed E-state index contributed by atoms with van der Waals surface area (Å²) < 4.78 is 14.8. The number of halogens is 1. The number of benzene rings is 2. The van der Waals surface area contributed by atoms with E-state index in [0.717, 1.165) is 17.8 Å². The first-order valence-corrected chi connectivity index (χ1v) is 10.0. The summed E-state index contributed by atoms with van der Waals surface area (Å²) in [5, 5.41) is 8.84. The molecule has 4 rings (SSSR count). The lowest BCUT2D eigenvalue weighted by Gasteiger charge is -2.31. The molecule has 0 aliphatic carbocycles. The lowest BCUT2D eigenvalue weighted by Crippen LogP contribution is -2.43. The predicted molar refractivity (Wildman–Crippen MR) is 110 cm³/mol. The van der Waals surface area contributed by atoms with Crippen LogP contribution in [0.4, 0.5) is 20.6 Å². The first-order valence-electron chi connectivity index (χ1n) is 10.0. The Morgan fingerprint density at radius 2 is 1.79 bits per heavy atom. The van der Waals surface area contributed by atoms with Crippen LogP contribution in [-0.2, 0) is 17.8 Å². The van der Waals surface area contributed by atoms with Crippen LogP contribution < -0.4 is 16.0 Å². The van der Waals surface area contributed by atoms with Crippen LogP contribution >= 0.6 is 0 Å². The molecule has 0 spiro atoms. The molecular formula is C22H25FN4O2. The van der Waals surface area contributed by atoms with Crippen LogP contribution in [0, 0.1) is 11.7 Å². The van der Waals surface area contributed by atoms with Gasteiger partial charge in [0, 0.05) is 31.2 Å².